The summed E-state index contributed by atoms with van der Waals surface area (Å²) in [5.74, 6) is 0.175. The van der Waals surface area contributed by atoms with E-state index < -0.39 is 16.1 Å². The number of urea groups is 1. The van der Waals surface area contributed by atoms with E-state index in [1.54, 1.807) is 30.3 Å². The standard InChI is InChI=1S/C18H20FN3O4S/c1-26-17-8-7-15(22-9-2-10-27(22,24)25)11-16(17)21-18(23)20-12-13-3-5-14(19)6-4-13/h3-8,11H,2,9-10,12H2,1H3,(H2,20,21,23). The molecule has 3 rings (SSSR count). The van der Waals surface area contributed by atoms with Crippen LogP contribution in [0.3, 0.4) is 0 Å². The van der Waals surface area contributed by atoms with Crippen LogP contribution in [0.5, 0.6) is 5.75 Å². The Kier molecular flexibility index (Phi) is 5.50. The Balaban J connectivity index is 1.71. The fraction of sp³-hybridized carbons (Fsp3) is 0.278. The number of rotatable bonds is 5. The second-order valence-electron chi connectivity index (χ2n) is 6.06. The molecule has 1 aliphatic heterocycles. The average molecular weight is 393 g/mol. The summed E-state index contributed by atoms with van der Waals surface area (Å²) in [6.07, 6.45) is 0.565. The van der Waals surface area contributed by atoms with Gasteiger partial charge in [0.05, 0.1) is 24.2 Å². The van der Waals surface area contributed by atoms with E-state index in [-0.39, 0.29) is 18.1 Å². The number of benzene rings is 2. The lowest BCUT2D eigenvalue weighted by molar-refractivity contribution is 0.251. The van der Waals surface area contributed by atoms with E-state index in [0.717, 1.165) is 5.56 Å². The summed E-state index contributed by atoms with van der Waals surface area (Å²) in [7, 11) is -1.86. The molecule has 0 radical (unpaired) electrons. The van der Waals surface area contributed by atoms with Crippen LogP contribution in [0.15, 0.2) is 42.5 Å². The minimum absolute atomic E-state index is 0.111. The monoisotopic (exact) mass is 393 g/mol. The number of carbonyl (C=O) groups excluding carboxylic acids is 1. The highest BCUT2D eigenvalue weighted by Crippen LogP contribution is 2.32. The molecule has 9 heteroatoms. The van der Waals surface area contributed by atoms with Crippen molar-refractivity contribution >= 4 is 27.4 Å². The van der Waals surface area contributed by atoms with Gasteiger partial charge < -0.3 is 15.4 Å². The maximum Gasteiger partial charge on any atom is 0.319 e. The first-order valence-electron chi connectivity index (χ1n) is 8.37. The normalized spacial score (nSPS) is 15.4. The summed E-state index contributed by atoms with van der Waals surface area (Å²) in [4.78, 5) is 12.2. The van der Waals surface area contributed by atoms with E-state index in [1.807, 2.05) is 0 Å². The molecule has 1 saturated heterocycles. The number of carbonyl (C=O) groups is 1. The molecule has 1 aliphatic rings. The Hall–Kier alpha value is -2.81. The molecule has 0 atom stereocenters. The van der Waals surface area contributed by atoms with Crippen molar-refractivity contribution in [2.75, 3.05) is 29.0 Å². The number of halogens is 1. The Morgan fingerprint density at radius 2 is 1.96 bits per heavy atom. The van der Waals surface area contributed by atoms with Gasteiger partial charge in [-0.25, -0.2) is 17.6 Å². The van der Waals surface area contributed by atoms with Gasteiger partial charge in [0, 0.05) is 13.1 Å². The van der Waals surface area contributed by atoms with Crippen molar-refractivity contribution in [3.8, 4) is 5.75 Å². The molecule has 2 aromatic rings. The highest BCUT2D eigenvalue weighted by molar-refractivity contribution is 7.93. The molecule has 0 bridgehead atoms. The van der Waals surface area contributed by atoms with Crippen LogP contribution in [-0.4, -0.2) is 33.9 Å². The van der Waals surface area contributed by atoms with Crippen molar-refractivity contribution in [1.82, 2.24) is 5.32 Å². The predicted octanol–water partition coefficient (Wildman–Crippen LogP) is 2.70. The molecule has 1 heterocycles. The smallest absolute Gasteiger partial charge is 0.319 e. The molecule has 2 aromatic carbocycles. The van der Waals surface area contributed by atoms with Gasteiger partial charge in [-0.2, -0.15) is 0 Å². The zero-order valence-corrected chi connectivity index (χ0v) is 15.6. The summed E-state index contributed by atoms with van der Waals surface area (Å²) in [6, 6.07) is 10.1. The molecule has 2 amide bonds. The zero-order valence-electron chi connectivity index (χ0n) is 14.7. The van der Waals surface area contributed by atoms with Crippen LogP contribution < -0.4 is 19.7 Å². The molecular weight excluding hydrogens is 373 g/mol. The van der Waals surface area contributed by atoms with Crippen molar-refractivity contribution in [3.63, 3.8) is 0 Å². The van der Waals surface area contributed by atoms with Gasteiger partial charge >= 0.3 is 6.03 Å². The van der Waals surface area contributed by atoms with E-state index in [2.05, 4.69) is 10.6 Å². The third kappa shape index (κ3) is 4.48. The second-order valence-corrected chi connectivity index (χ2v) is 8.07. The number of anilines is 2. The van der Waals surface area contributed by atoms with Crippen LogP contribution in [0.25, 0.3) is 0 Å². The van der Waals surface area contributed by atoms with E-state index >= 15 is 0 Å². The van der Waals surface area contributed by atoms with Gasteiger partial charge in [-0.15, -0.1) is 0 Å². The molecule has 1 fully saturated rings. The third-order valence-corrected chi connectivity index (χ3v) is 6.05. The van der Waals surface area contributed by atoms with Crippen LogP contribution >= 0.6 is 0 Å². The van der Waals surface area contributed by atoms with Gasteiger partial charge in [0.15, 0.2) is 0 Å². The van der Waals surface area contributed by atoms with Crippen LogP contribution in [0, 0.1) is 5.82 Å². The largest absolute Gasteiger partial charge is 0.495 e. The van der Waals surface area contributed by atoms with Crippen LogP contribution in [0.4, 0.5) is 20.6 Å². The quantitative estimate of drug-likeness (QED) is 0.818. The predicted molar refractivity (Wildman–Crippen MR) is 101 cm³/mol. The first-order valence-corrected chi connectivity index (χ1v) is 9.98. The molecule has 0 aliphatic carbocycles. The van der Waals surface area contributed by atoms with Gasteiger partial charge in [0.2, 0.25) is 10.0 Å². The number of ether oxygens (including phenoxy) is 1. The molecule has 144 valence electrons. The SMILES string of the molecule is COc1ccc(N2CCCS2(=O)=O)cc1NC(=O)NCc1ccc(F)cc1. The maximum atomic E-state index is 12.9. The number of amides is 2. The average Bonchev–Trinajstić information content (AvgIpc) is 3.00. The molecule has 7 nitrogen and oxygen atoms in total. The van der Waals surface area contributed by atoms with Crippen molar-refractivity contribution < 1.29 is 22.3 Å². The Morgan fingerprint density at radius 1 is 1.22 bits per heavy atom. The minimum Gasteiger partial charge on any atom is -0.495 e. The fourth-order valence-corrected chi connectivity index (χ4v) is 4.39. The van der Waals surface area contributed by atoms with E-state index in [0.29, 0.717) is 30.1 Å². The van der Waals surface area contributed by atoms with E-state index in [9.17, 15) is 17.6 Å². The third-order valence-electron chi connectivity index (χ3n) is 4.18. The molecule has 0 spiro atoms. The van der Waals surface area contributed by atoms with Gasteiger partial charge in [-0.1, -0.05) is 12.1 Å². The molecule has 0 unspecified atom stereocenters. The summed E-state index contributed by atoms with van der Waals surface area (Å²) < 4.78 is 43.7. The lowest BCUT2D eigenvalue weighted by Gasteiger charge is -2.19. The summed E-state index contributed by atoms with van der Waals surface area (Å²) in [5, 5.41) is 5.33. The highest BCUT2D eigenvalue weighted by atomic mass is 32.2. The molecule has 27 heavy (non-hydrogen) atoms. The van der Waals surface area contributed by atoms with E-state index in [4.69, 9.17) is 4.74 Å². The topological polar surface area (TPSA) is 87.7 Å². The first-order chi connectivity index (χ1) is 12.9. The summed E-state index contributed by atoms with van der Waals surface area (Å²) >= 11 is 0. The number of sulfonamides is 1. The number of nitrogens with zero attached hydrogens (tertiary/aromatic N) is 1. The minimum atomic E-state index is -3.32. The lowest BCUT2D eigenvalue weighted by atomic mass is 10.2. The van der Waals surface area contributed by atoms with Crippen molar-refractivity contribution in [3.05, 3.63) is 53.8 Å². The molecule has 2 N–H and O–H groups in total. The second kappa shape index (κ2) is 7.83. The van der Waals surface area contributed by atoms with Gasteiger partial charge in [0.25, 0.3) is 0 Å². The zero-order chi connectivity index (χ0) is 19.4. The van der Waals surface area contributed by atoms with Crippen molar-refractivity contribution in [2.45, 2.75) is 13.0 Å². The maximum absolute atomic E-state index is 12.9. The number of hydrogen-bond donors (Lipinski definition) is 2. The van der Waals surface area contributed by atoms with Crippen molar-refractivity contribution in [1.29, 1.82) is 0 Å². The number of methoxy groups -OCH3 is 1. The lowest BCUT2D eigenvalue weighted by Crippen LogP contribution is -2.29. The number of nitrogens with one attached hydrogen (secondary N) is 2. The summed E-state index contributed by atoms with van der Waals surface area (Å²) in [6.45, 7) is 0.624. The first kappa shape index (κ1) is 19.0. The van der Waals surface area contributed by atoms with Gasteiger partial charge in [-0.05, 0) is 42.3 Å². The fourth-order valence-electron chi connectivity index (χ4n) is 2.83. The number of hydrogen-bond acceptors (Lipinski definition) is 4. The van der Waals surface area contributed by atoms with Crippen LogP contribution in [0.2, 0.25) is 0 Å². The molecule has 0 saturated carbocycles. The summed E-state index contributed by atoms with van der Waals surface area (Å²) in [5.41, 5.74) is 1.58. The molecule has 0 aromatic heterocycles. The van der Waals surface area contributed by atoms with Crippen molar-refractivity contribution in [2.24, 2.45) is 0 Å². The Bertz CT molecular complexity index is 932. The van der Waals surface area contributed by atoms with E-state index in [1.165, 1.54) is 23.5 Å². The van der Waals surface area contributed by atoms with Crippen LogP contribution in [-0.2, 0) is 16.6 Å². The highest BCUT2D eigenvalue weighted by Gasteiger charge is 2.29. The molecular formula is C18H20FN3O4S. The van der Waals surface area contributed by atoms with Crippen LogP contribution in [0.1, 0.15) is 12.0 Å². The van der Waals surface area contributed by atoms with Gasteiger partial charge in [-0.3, -0.25) is 4.31 Å². The van der Waals surface area contributed by atoms with Gasteiger partial charge in [0.1, 0.15) is 11.6 Å². The Labute approximate surface area is 157 Å². The Morgan fingerprint density at radius 3 is 2.59 bits per heavy atom.